The molecular weight excluding hydrogens is 381 g/mol. The minimum atomic E-state index is -0.416. The molecule has 0 atom stereocenters. The molecule has 4 rings (SSSR count). The second-order valence-corrected chi connectivity index (χ2v) is 8.83. The van der Waals surface area contributed by atoms with Crippen LogP contribution < -0.4 is 5.32 Å². The van der Waals surface area contributed by atoms with E-state index in [2.05, 4.69) is 15.3 Å². The Morgan fingerprint density at radius 2 is 2.07 bits per heavy atom. The number of amides is 1. The van der Waals surface area contributed by atoms with Crippen LogP contribution >= 0.6 is 23.1 Å². The molecule has 0 fully saturated rings. The number of nitrogens with zero attached hydrogens (tertiary/aromatic N) is 2. The van der Waals surface area contributed by atoms with Crippen molar-refractivity contribution in [1.29, 1.82) is 0 Å². The van der Waals surface area contributed by atoms with Crippen molar-refractivity contribution in [3.63, 3.8) is 0 Å². The Hall–Kier alpha value is -1.99. The average Bonchev–Trinajstić information content (AvgIpc) is 3.00. The topological polar surface area (TPSA) is 54.9 Å². The zero-order valence-electron chi connectivity index (χ0n) is 15.3. The summed E-state index contributed by atoms with van der Waals surface area (Å²) in [4.78, 5) is 23.9. The first-order valence-corrected chi connectivity index (χ1v) is 10.8. The van der Waals surface area contributed by atoms with Crippen LogP contribution in [0.25, 0.3) is 10.2 Å². The SMILES string of the molecule is Cc1ccc(NC(=O)CSc2nc(C)nc3sc4c(c23)CCCC4)c(F)c1. The predicted octanol–water partition coefficient (Wildman–Crippen LogP) is 5.06. The summed E-state index contributed by atoms with van der Waals surface area (Å²) < 4.78 is 13.9. The zero-order valence-corrected chi connectivity index (χ0v) is 16.9. The lowest BCUT2D eigenvalue weighted by Gasteiger charge is -2.12. The highest BCUT2D eigenvalue weighted by atomic mass is 32.2. The smallest absolute Gasteiger partial charge is 0.234 e. The summed E-state index contributed by atoms with van der Waals surface area (Å²) in [5.41, 5.74) is 2.39. The summed E-state index contributed by atoms with van der Waals surface area (Å²) >= 11 is 3.15. The molecule has 27 heavy (non-hydrogen) atoms. The summed E-state index contributed by atoms with van der Waals surface area (Å²) in [5, 5.41) is 4.62. The van der Waals surface area contributed by atoms with Gasteiger partial charge in [0.25, 0.3) is 0 Å². The maximum absolute atomic E-state index is 13.9. The van der Waals surface area contributed by atoms with Crippen LogP contribution in [-0.2, 0) is 17.6 Å². The van der Waals surface area contributed by atoms with Gasteiger partial charge in [0.15, 0.2) is 0 Å². The lowest BCUT2D eigenvalue weighted by Crippen LogP contribution is -2.15. The number of halogens is 1. The van der Waals surface area contributed by atoms with Gasteiger partial charge >= 0.3 is 0 Å². The largest absolute Gasteiger partial charge is 0.323 e. The predicted molar refractivity (Wildman–Crippen MR) is 109 cm³/mol. The van der Waals surface area contributed by atoms with E-state index in [1.807, 2.05) is 13.8 Å². The normalized spacial score (nSPS) is 13.6. The fourth-order valence-electron chi connectivity index (χ4n) is 3.37. The van der Waals surface area contributed by atoms with E-state index in [9.17, 15) is 9.18 Å². The van der Waals surface area contributed by atoms with Crippen molar-refractivity contribution >= 4 is 44.9 Å². The van der Waals surface area contributed by atoms with E-state index < -0.39 is 5.82 Å². The maximum atomic E-state index is 13.9. The van der Waals surface area contributed by atoms with Crippen molar-refractivity contribution in [2.45, 2.75) is 44.6 Å². The number of rotatable bonds is 4. The van der Waals surface area contributed by atoms with Gasteiger partial charge in [0.1, 0.15) is 21.5 Å². The lowest BCUT2D eigenvalue weighted by atomic mass is 9.97. The van der Waals surface area contributed by atoms with Gasteiger partial charge in [-0.1, -0.05) is 17.8 Å². The van der Waals surface area contributed by atoms with E-state index >= 15 is 0 Å². The number of fused-ring (bicyclic) bond motifs is 3. The van der Waals surface area contributed by atoms with E-state index in [1.54, 1.807) is 23.5 Å². The summed E-state index contributed by atoms with van der Waals surface area (Å²) in [6.07, 6.45) is 4.56. The first kappa shape index (κ1) is 18.4. The third-order valence-electron chi connectivity index (χ3n) is 4.63. The van der Waals surface area contributed by atoms with Crippen LogP contribution in [0.4, 0.5) is 10.1 Å². The zero-order chi connectivity index (χ0) is 19.0. The number of carbonyl (C=O) groups is 1. The van der Waals surface area contributed by atoms with Crippen molar-refractivity contribution in [1.82, 2.24) is 9.97 Å². The summed E-state index contributed by atoms with van der Waals surface area (Å²) in [7, 11) is 0. The molecule has 1 aromatic carbocycles. The van der Waals surface area contributed by atoms with E-state index in [0.717, 1.165) is 33.6 Å². The van der Waals surface area contributed by atoms with Gasteiger partial charge in [-0.2, -0.15) is 0 Å². The van der Waals surface area contributed by atoms with Crippen LogP contribution in [0, 0.1) is 19.7 Å². The van der Waals surface area contributed by atoms with E-state index in [4.69, 9.17) is 0 Å². The van der Waals surface area contributed by atoms with Crippen LogP contribution in [0.3, 0.4) is 0 Å². The van der Waals surface area contributed by atoms with E-state index in [-0.39, 0.29) is 17.3 Å². The van der Waals surface area contributed by atoms with Gasteiger partial charge in [-0.15, -0.1) is 11.3 Å². The van der Waals surface area contributed by atoms with Crippen LogP contribution in [-0.4, -0.2) is 21.6 Å². The highest BCUT2D eigenvalue weighted by Crippen LogP contribution is 2.39. The number of nitrogens with one attached hydrogen (secondary N) is 1. The minimum absolute atomic E-state index is 0.184. The van der Waals surface area contributed by atoms with Crippen molar-refractivity contribution in [3.05, 3.63) is 45.8 Å². The molecule has 4 nitrogen and oxygen atoms in total. The maximum Gasteiger partial charge on any atom is 0.234 e. The Morgan fingerprint density at radius 3 is 2.89 bits per heavy atom. The average molecular weight is 402 g/mol. The molecule has 1 aliphatic carbocycles. The second-order valence-electron chi connectivity index (χ2n) is 6.79. The molecule has 0 unspecified atom stereocenters. The quantitative estimate of drug-likeness (QED) is 0.491. The molecule has 0 saturated carbocycles. The Kier molecular flexibility index (Phi) is 5.14. The third kappa shape index (κ3) is 3.84. The number of benzene rings is 1. The van der Waals surface area contributed by atoms with Gasteiger partial charge in [0.2, 0.25) is 5.91 Å². The van der Waals surface area contributed by atoms with E-state index in [1.165, 1.54) is 41.1 Å². The molecule has 1 amide bonds. The Bertz CT molecular complexity index is 1030. The number of hydrogen-bond donors (Lipinski definition) is 1. The lowest BCUT2D eigenvalue weighted by molar-refractivity contribution is -0.113. The first-order chi connectivity index (χ1) is 13.0. The summed E-state index contributed by atoms with van der Waals surface area (Å²) in [6, 6.07) is 4.79. The van der Waals surface area contributed by atoms with Crippen LogP contribution in [0.1, 0.15) is 34.7 Å². The molecular formula is C20H20FN3OS2. The Balaban J connectivity index is 1.54. The van der Waals surface area contributed by atoms with Gasteiger partial charge < -0.3 is 5.32 Å². The number of aryl methyl sites for hydroxylation is 4. The van der Waals surface area contributed by atoms with Gasteiger partial charge in [-0.05, 0) is 62.8 Å². The monoisotopic (exact) mass is 401 g/mol. The van der Waals surface area contributed by atoms with Crippen molar-refractivity contribution in [2.75, 3.05) is 11.1 Å². The molecule has 0 radical (unpaired) electrons. The van der Waals surface area contributed by atoms with Gasteiger partial charge in [-0.3, -0.25) is 4.79 Å². The molecule has 0 bridgehead atoms. The number of carbonyl (C=O) groups excluding carboxylic acids is 1. The molecule has 0 aliphatic heterocycles. The fraction of sp³-hybridized carbons (Fsp3) is 0.350. The Labute approximate surface area is 165 Å². The standard InChI is InChI=1S/C20H20FN3OS2/c1-11-7-8-15(14(21)9-11)24-17(25)10-26-19-18-13-5-3-4-6-16(13)27-20(18)23-12(2)22-19/h7-9H,3-6,10H2,1-2H3,(H,24,25). The number of hydrogen-bond acceptors (Lipinski definition) is 5. The Morgan fingerprint density at radius 1 is 1.26 bits per heavy atom. The summed E-state index contributed by atoms with van der Waals surface area (Å²) in [5.74, 6) is 0.245. The number of aromatic nitrogens is 2. The molecule has 7 heteroatoms. The van der Waals surface area contributed by atoms with Crippen LogP contribution in [0.5, 0.6) is 0 Å². The van der Waals surface area contributed by atoms with Crippen molar-refractivity contribution in [3.8, 4) is 0 Å². The number of thioether (sulfide) groups is 1. The first-order valence-electron chi connectivity index (χ1n) is 8.99. The third-order valence-corrected chi connectivity index (χ3v) is 6.79. The van der Waals surface area contributed by atoms with Crippen LogP contribution in [0.2, 0.25) is 0 Å². The molecule has 2 aromatic heterocycles. The van der Waals surface area contributed by atoms with Gasteiger partial charge in [0, 0.05) is 10.3 Å². The van der Waals surface area contributed by atoms with Crippen LogP contribution in [0.15, 0.2) is 23.2 Å². The molecule has 140 valence electrons. The molecule has 0 spiro atoms. The molecule has 0 saturated heterocycles. The van der Waals surface area contributed by atoms with Gasteiger partial charge in [-0.25, -0.2) is 14.4 Å². The molecule has 3 aromatic rings. The molecule has 1 N–H and O–H groups in total. The highest BCUT2D eigenvalue weighted by molar-refractivity contribution is 8.00. The summed E-state index contributed by atoms with van der Waals surface area (Å²) in [6.45, 7) is 3.69. The number of anilines is 1. The molecule has 1 aliphatic rings. The minimum Gasteiger partial charge on any atom is -0.323 e. The fourth-order valence-corrected chi connectivity index (χ4v) is 5.64. The number of thiophene rings is 1. The van der Waals surface area contributed by atoms with Crippen molar-refractivity contribution < 1.29 is 9.18 Å². The van der Waals surface area contributed by atoms with Crippen molar-refractivity contribution in [2.24, 2.45) is 0 Å². The second kappa shape index (κ2) is 7.56. The van der Waals surface area contributed by atoms with Gasteiger partial charge in [0.05, 0.1) is 11.4 Å². The highest BCUT2D eigenvalue weighted by Gasteiger charge is 2.21. The molecule has 2 heterocycles. The van der Waals surface area contributed by atoms with E-state index in [0.29, 0.717) is 5.82 Å².